The Morgan fingerprint density at radius 2 is 1.82 bits per heavy atom. The minimum absolute atomic E-state index is 0.0413. The molecule has 2 aromatic carbocycles. The number of hydrogen-bond donors (Lipinski definition) is 2. The van der Waals surface area contributed by atoms with Gasteiger partial charge in [0.25, 0.3) is 11.8 Å². The van der Waals surface area contributed by atoms with Crippen LogP contribution in [0.3, 0.4) is 0 Å². The summed E-state index contributed by atoms with van der Waals surface area (Å²) in [5.74, 6) is -0.737. The number of nitro groups is 1. The molecule has 0 saturated carbocycles. The van der Waals surface area contributed by atoms with Gasteiger partial charge in [-0.15, -0.1) is 0 Å². The third-order valence-corrected chi connectivity index (χ3v) is 3.91. The largest absolute Gasteiger partial charge is 0.481 e. The molecule has 0 saturated heterocycles. The summed E-state index contributed by atoms with van der Waals surface area (Å²) in [5, 5.41) is 10.9. The Labute approximate surface area is 161 Å². The van der Waals surface area contributed by atoms with E-state index >= 15 is 0 Å². The third kappa shape index (κ3) is 5.70. The highest BCUT2D eigenvalue weighted by atomic mass is 16.6. The monoisotopic (exact) mass is 387 g/mol. The Balaban J connectivity index is 1.81. The minimum Gasteiger partial charge on any atom is -0.481 e. The highest BCUT2D eigenvalue weighted by Gasteiger charge is 2.17. The molecule has 0 aliphatic heterocycles. The summed E-state index contributed by atoms with van der Waals surface area (Å²) < 4.78 is 10.7. The van der Waals surface area contributed by atoms with Crippen molar-refractivity contribution in [3.63, 3.8) is 0 Å². The molecule has 28 heavy (non-hydrogen) atoms. The van der Waals surface area contributed by atoms with E-state index < -0.39 is 29.4 Å². The maximum atomic E-state index is 12.0. The highest BCUT2D eigenvalue weighted by molar-refractivity contribution is 5.85. The lowest BCUT2D eigenvalue weighted by molar-refractivity contribution is -0.385. The quantitative estimate of drug-likeness (QED) is 0.555. The fraction of sp³-hybridized carbons (Fsp3) is 0.263. The van der Waals surface area contributed by atoms with Gasteiger partial charge in [-0.3, -0.25) is 30.6 Å². The van der Waals surface area contributed by atoms with Gasteiger partial charge in [0.1, 0.15) is 5.75 Å². The zero-order chi connectivity index (χ0) is 20.7. The number of hydrazine groups is 1. The van der Waals surface area contributed by atoms with Crippen molar-refractivity contribution in [1.82, 2.24) is 10.9 Å². The molecule has 0 heterocycles. The molecule has 2 aromatic rings. The molecule has 0 spiro atoms. The number of carbonyl (C=O) groups excluding carboxylic acids is 2. The van der Waals surface area contributed by atoms with E-state index in [1.807, 2.05) is 26.0 Å². The lowest BCUT2D eigenvalue weighted by Crippen LogP contribution is -2.48. The first-order valence-electron chi connectivity index (χ1n) is 8.46. The van der Waals surface area contributed by atoms with E-state index in [-0.39, 0.29) is 11.4 Å². The van der Waals surface area contributed by atoms with Crippen LogP contribution in [-0.2, 0) is 9.59 Å². The van der Waals surface area contributed by atoms with Gasteiger partial charge in [0.15, 0.2) is 18.5 Å². The number of carbonyl (C=O) groups is 2. The van der Waals surface area contributed by atoms with Crippen molar-refractivity contribution < 1.29 is 24.0 Å². The summed E-state index contributed by atoms with van der Waals surface area (Å²) in [4.78, 5) is 34.1. The molecule has 2 rings (SSSR count). The number of nitro benzene ring substituents is 1. The molecule has 2 N–H and O–H groups in total. The van der Waals surface area contributed by atoms with Gasteiger partial charge in [0, 0.05) is 6.07 Å². The van der Waals surface area contributed by atoms with Crippen molar-refractivity contribution >= 4 is 17.5 Å². The Hall–Kier alpha value is -3.62. The predicted octanol–water partition coefficient (Wildman–Crippen LogP) is 2.21. The van der Waals surface area contributed by atoms with Crippen LogP contribution in [0.2, 0.25) is 0 Å². The van der Waals surface area contributed by atoms with Gasteiger partial charge in [-0.05, 0) is 50.1 Å². The van der Waals surface area contributed by atoms with Crippen LogP contribution >= 0.6 is 0 Å². The molecule has 0 aromatic heterocycles. The van der Waals surface area contributed by atoms with Gasteiger partial charge >= 0.3 is 5.69 Å². The van der Waals surface area contributed by atoms with Crippen LogP contribution in [0, 0.1) is 24.0 Å². The van der Waals surface area contributed by atoms with Crippen molar-refractivity contribution in [2.24, 2.45) is 0 Å². The molecule has 0 bridgehead atoms. The van der Waals surface area contributed by atoms with E-state index in [9.17, 15) is 19.7 Å². The number of benzene rings is 2. The molecule has 0 aliphatic rings. The first kappa shape index (κ1) is 20.7. The summed E-state index contributed by atoms with van der Waals surface area (Å²) >= 11 is 0. The summed E-state index contributed by atoms with van der Waals surface area (Å²) in [6.45, 7) is 4.94. The van der Waals surface area contributed by atoms with E-state index in [1.165, 1.54) is 18.2 Å². The Morgan fingerprint density at radius 3 is 2.50 bits per heavy atom. The van der Waals surface area contributed by atoms with Crippen LogP contribution in [0.15, 0.2) is 42.5 Å². The van der Waals surface area contributed by atoms with Gasteiger partial charge < -0.3 is 9.47 Å². The van der Waals surface area contributed by atoms with Gasteiger partial charge in [0.05, 0.1) is 4.92 Å². The number of aryl methyl sites for hydroxylation is 2. The molecule has 9 nitrogen and oxygen atoms in total. The lowest BCUT2D eigenvalue weighted by atomic mass is 10.1. The summed E-state index contributed by atoms with van der Waals surface area (Å²) in [6.07, 6.45) is -0.849. The minimum atomic E-state index is -0.849. The van der Waals surface area contributed by atoms with Gasteiger partial charge in [-0.25, -0.2) is 0 Å². The third-order valence-electron chi connectivity index (χ3n) is 3.91. The predicted molar refractivity (Wildman–Crippen MR) is 101 cm³/mol. The van der Waals surface area contributed by atoms with Crippen LogP contribution in [0.4, 0.5) is 5.69 Å². The van der Waals surface area contributed by atoms with Crippen molar-refractivity contribution in [2.45, 2.75) is 26.9 Å². The topological polar surface area (TPSA) is 120 Å². The Morgan fingerprint density at radius 1 is 1.11 bits per heavy atom. The molecule has 148 valence electrons. The number of rotatable bonds is 7. The maximum Gasteiger partial charge on any atom is 0.310 e. The molecular weight excluding hydrogens is 366 g/mol. The first-order valence-corrected chi connectivity index (χ1v) is 8.46. The van der Waals surface area contributed by atoms with Crippen LogP contribution in [-0.4, -0.2) is 29.4 Å². The first-order chi connectivity index (χ1) is 13.3. The smallest absolute Gasteiger partial charge is 0.310 e. The number of ether oxygens (including phenoxy) is 2. The summed E-state index contributed by atoms with van der Waals surface area (Å²) in [7, 11) is 0. The molecular formula is C19H21N3O6. The molecule has 0 aliphatic carbocycles. The van der Waals surface area contributed by atoms with Crippen LogP contribution in [0.25, 0.3) is 0 Å². The number of hydrogen-bond acceptors (Lipinski definition) is 6. The molecule has 0 fully saturated rings. The van der Waals surface area contributed by atoms with Crippen LogP contribution < -0.4 is 20.3 Å². The second-order valence-electron chi connectivity index (χ2n) is 6.06. The Kier molecular flexibility index (Phi) is 6.91. The SMILES string of the molecule is Cc1ccc(OC(C)C(=O)NNC(=O)COc2ccccc2[N+](=O)[O-])cc1C. The molecule has 1 unspecified atom stereocenters. The zero-order valence-electron chi connectivity index (χ0n) is 15.7. The lowest BCUT2D eigenvalue weighted by Gasteiger charge is -2.16. The average molecular weight is 387 g/mol. The Bertz CT molecular complexity index is 884. The number of para-hydroxylation sites is 2. The van der Waals surface area contributed by atoms with E-state index in [0.717, 1.165) is 11.1 Å². The van der Waals surface area contributed by atoms with E-state index in [0.29, 0.717) is 5.75 Å². The van der Waals surface area contributed by atoms with E-state index in [4.69, 9.17) is 9.47 Å². The number of nitrogens with zero attached hydrogens (tertiary/aromatic N) is 1. The van der Waals surface area contributed by atoms with Gasteiger partial charge in [-0.1, -0.05) is 18.2 Å². The van der Waals surface area contributed by atoms with Gasteiger partial charge in [-0.2, -0.15) is 0 Å². The normalized spacial score (nSPS) is 11.2. The van der Waals surface area contributed by atoms with Gasteiger partial charge in [0.2, 0.25) is 0 Å². The van der Waals surface area contributed by atoms with Crippen LogP contribution in [0.5, 0.6) is 11.5 Å². The fourth-order valence-corrected chi connectivity index (χ4v) is 2.19. The second-order valence-corrected chi connectivity index (χ2v) is 6.06. The van der Waals surface area contributed by atoms with Crippen LogP contribution in [0.1, 0.15) is 18.1 Å². The summed E-state index contributed by atoms with van der Waals surface area (Å²) in [6, 6.07) is 11.1. The number of amides is 2. The molecule has 1 atom stereocenters. The zero-order valence-corrected chi connectivity index (χ0v) is 15.7. The van der Waals surface area contributed by atoms with E-state index in [2.05, 4.69) is 10.9 Å². The average Bonchev–Trinajstić information content (AvgIpc) is 2.67. The van der Waals surface area contributed by atoms with Crippen molar-refractivity contribution in [1.29, 1.82) is 0 Å². The van der Waals surface area contributed by atoms with Crippen molar-refractivity contribution in [3.05, 3.63) is 63.7 Å². The maximum absolute atomic E-state index is 12.0. The molecule has 2 amide bonds. The summed E-state index contributed by atoms with van der Waals surface area (Å²) in [5.41, 5.74) is 6.28. The molecule has 9 heteroatoms. The van der Waals surface area contributed by atoms with Crippen molar-refractivity contribution in [2.75, 3.05) is 6.61 Å². The fourth-order valence-electron chi connectivity index (χ4n) is 2.19. The number of nitrogens with one attached hydrogen (secondary N) is 2. The van der Waals surface area contributed by atoms with E-state index in [1.54, 1.807) is 19.1 Å². The highest BCUT2D eigenvalue weighted by Crippen LogP contribution is 2.25. The molecule has 0 radical (unpaired) electrons. The van der Waals surface area contributed by atoms with Crippen molar-refractivity contribution in [3.8, 4) is 11.5 Å². The second kappa shape index (κ2) is 9.36. The standard InChI is InChI=1S/C19H21N3O6/c1-12-8-9-15(10-13(12)2)28-14(3)19(24)21-20-18(23)11-27-17-7-5-4-6-16(17)22(25)26/h4-10,14H,11H2,1-3H3,(H,20,23)(H,21,24).